The van der Waals surface area contributed by atoms with Crippen molar-refractivity contribution >= 4 is 34.3 Å². The Balaban J connectivity index is 1.44. The second kappa shape index (κ2) is 11.8. The number of hydrogen-bond donors (Lipinski definition) is 1. The molecule has 1 N–H and O–H groups in total. The number of benzene rings is 2. The highest BCUT2D eigenvalue weighted by Gasteiger charge is 2.19. The minimum atomic E-state index is -0.152. The van der Waals surface area contributed by atoms with Crippen LogP contribution in [0.15, 0.2) is 46.3 Å². The third-order valence-electron chi connectivity index (χ3n) is 6.24. The number of morpholine rings is 1. The Kier molecular flexibility index (Phi) is 8.12. The van der Waals surface area contributed by atoms with E-state index in [9.17, 15) is 9.59 Å². The molecule has 1 saturated heterocycles. The van der Waals surface area contributed by atoms with Crippen LogP contribution in [0.4, 0.5) is 5.69 Å². The van der Waals surface area contributed by atoms with Crippen LogP contribution in [0, 0.1) is 0 Å². The van der Waals surface area contributed by atoms with Gasteiger partial charge in [0, 0.05) is 39.0 Å². The molecule has 0 unspecified atom stereocenters. The molecule has 1 fully saturated rings. The van der Waals surface area contributed by atoms with Crippen molar-refractivity contribution in [2.24, 2.45) is 0 Å². The summed E-state index contributed by atoms with van der Waals surface area (Å²) >= 11 is 1.25. The van der Waals surface area contributed by atoms with E-state index in [1.54, 1.807) is 11.7 Å². The highest BCUT2D eigenvalue weighted by atomic mass is 32.2. The summed E-state index contributed by atoms with van der Waals surface area (Å²) in [5.74, 6) is 1.37. The minimum absolute atomic E-state index is 0.118. The average Bonchev–Trinajstić information content (AvgIpc) is 3.40. The van der Waals surface area contributed by atoms with E-state index >= 15 is 0 Å². The maximum absolute atomic E-state index is 13.8. The number of carbonyl (C=O) groups excluding carboxylic acids is 1. The van der Waals surface area contributed by atoms with Gasteiger partial charge in [0.2, 0.25) is 12.7 Å². The Labute approximate surface area is 218 Å². The maximum atomic E-state index is 13.8. The van der Waals surface area contributed by atoms with Gasteiger partial charge in [0.15, 0.2) is 16.7 Å². The largest absolute Gasteiger partial charge is 0.454 e. The van der Waals surface area contributed by atoms with Gasteiger partial charge in [0.1, 0.15) is 0 Å². The number of methoxy groups -OCH3 is 1. The molecular weight excluding hydrogens is 496 g/mol. The number of anilines is 1. The van der Waals surface area contributed by atoms with E-state index in [2.05, 4.69) is 10.2 Å². The number of thioether (sulfide) groups is 1. The van der Waals surface area contributed by atoms with Crippen LogP contribution in [0.2, 0.25) is 0 Å². The molecular formula is C26H30N4O6S. The van der Waals surface area contributed by atoms with Gasteiger partial charge in [-0.1, -0.05) is 17.8 Å². The zero-order valence-electron chi connectivity index (χ0n) is 20.7. The highest BCUT2D eigenvalue weighted by Crippen LogP contribution is 2.33. The topological polar surface area (TPSA) is 104 Å². The maximum Gasteiger partial charge on any atom is 0.262 e. The molecule has 3 aromatic rings. The van der Waals surface area contributed by atoms with Crippen molar-refractivity contribution in [3.63, 3.8) is 0 Å². The second-order valence-electron chi connectivity index (χ2n) is 8.76. The summed E-state index contributed by atoms with van der Waals surface area (Å²) in [6.45, 7) is 4.46. The second-order valence-corrected chi connectivity index (χ2v) is 9.70. The van der Waals surface area contributed by atoms with Gasteiger partial charge < -0.3 is 29.2 Å². The molecule has 11 heteroatoms. The van der Waals surface area contributed by atoms with Crippen LogP contribution in [-0.2, 0) is 20.8 Å². The fraction of sp³-hybridized carbons (Fsp3) is 0.423. The summed E-state index contributed by atoms with van der Waals surface area (Å²) in [6, 6.07) is 11.4. The molecule has 0 aliphatic carbocycles. The number of carbonyl (C=O) groups is 1. The predicted octanol–water partition coefficient (Wildman–Crippen LogP) is 2.25. The van der Waals surface area contributed by atoms with Gasteiger partial charge >= 0.3 is 0 Å². The van der Waals surface area contributed by atoms with Gasteiger partial charge in [0.25, 0.3) is 5.56 Å². The quantitative estimate of drug-likeness (QED) is 0.242. The number of ether oxygens (including phenoxy) is 4. The fourth-order valence-corrected chi connectivity index (χ4v) is 5.13. The molecule has 37 heavy (non-hydrogen) atoms. The van der Waals surface area contributed by atoms with E-state index < -0.39 is 0 Å². The van der Waals surface area contributed by atoms with E-state index in [0.717, 1.165) is 30.8 Å². The summed E-state index contributed by atoms with van der Waals surface area (Å²) in [6.07, 6.45) is 0.738. The van der Waals surface area contributed by atoms with E-state index in [4.69, 9.17) is 23.9 Å². The lowest BCUT2D eigenvalue weighted by atomic mass is 10.1. The lowest BCUT2D eigenvalue weighted by Crippen LogP contribution is -2.36. The van der Waals surface area contributed by atoms with Crippen molar-refractivity contribution < 1.29 is 23.7 Å². The third kappa shape index (κ3) is 6.00. The Morgan fingerprint density at radius 2 is 1.97 bits per heavy atom. The first-order chi connectivity index (χ1) is 18.1. The minimum Gasteiger partial charge on any atom is -0.454 e. The molecule has 0 saturated carbocycles. The number of amides is 1. The zero-order chi connectivity index (χ0) is 25.6. The van der Waals surface area contributed by atoms with Crippen LogP contribution >= 0.6 is 11.8 Å². The normalized spacial score (nSPS) is 14.8. The average molecular weight is 527 g/mol. The molecule has 2 aromatic carbocycles. The number of rotatable bonds is 10. The lowest BCUT2D eigenvalue weighted by Gasteiger charge is -2.29. The molecule has 2 aliphatic rings. The molecule has 3 heterocycles. The van der Waals surface area contributed by atoms with Gasteiger partial charge in [-0.3, -0.25) is 14.2 Å². The van der Waals surface area contributed by atoms with Gasteiger partial charge in [-0.15, -0.1) is 0 Å². The van der Waals surface area contributed by atoms with Gasteiger partial charge in [0.05, 0.1) is 36.4 Å². The van der Waals surface area contributed by atoms with Crippen LogP contribution in [0.3, 0.4) is 0 Å². The van der Waals surface area contributed by atoms with E-state index in [-0.39, 0.29) is 30.6 Å². The van der Waals surface area contributed by atoms with Crippen molar-refractivity contribution in [2.45, 2.75) is 18.1 Å². The first kappa shape index (κ1) is 25.4. The van der Waals surface area contributed by atoms with E-state index in [1.165, 1.54) is 11.8 Å². The number of aromatic nitrogens is 2. The Morgan fingerprint density at radius 3 is 2.81 bits per heavy atom. The number of nitrogens with one attached hydrogen (secondary N) is 1. The van der Waals surface area contributed by atoms with Crippen LogP contribution in [0.1, 0.15) is 12.0 Å². The van der Waals surface area contributed by atoms with Gasteiger partial charge in [-0.05, 0) is 42.3 Å². The summed E-state index contributed by atoms with van der Waals surface area (Å²) in [4.78, 5) is 33.2. The first-order valence-corrected chi connectivity index (χ1v) is 13.2. The SMILES string of the molecule is COCCCNC(=O)CSc1nc2ccc(N3CCOCC3)cc2c(=O)n1Cc1ccc2c(c1)OCO2. The van der Waals surface area contributed by atoms with Crippen molar-refractivity contribution in [3.05, 3.63) is 52.3 Å². The molecule has 2 aliphatic heterocycles. The van der Waals surface area contributed by atoms with Crippen molar-refractivity contribution in [1.29, 1.82) is 0 Å². The number of fused-ring (bicyclic) bond motifs is 2. The van der Waals surface area contributed by atoms with Crippen molar-refractivity contribution in [2.75, 3.05) is 64.0 Å². The Morgan fingerprint density at radius 1 is 1.14 bits per heavy atom. The molecule has 196 valence electrons. The molecule has 0 bridgehead atoms. The Bertz CT molecular complexity index is 1320. The van der Waals surface area contributed by atoms with Crippen LogP contribution in [0.25, 0.3) is 10.9 Å². The highest BCUT2D eigenvalue weighted by molar-refractivity contribution is 7.99. The zero-order valence-corrected chi connectivity index (χ0v) is 21.6. The smallest absolute Gasteiger partial charge is 0.262 e. The monoisotopic (exact) mass is 526 g/mol. The number of nitrogens with zero attached hydrogens (tertiary/aromatic N) is 3. The van der Waals surface area contributed by atoms with Gasteiger partial charge in [-0.2, -0.15) is 0 Å². The molecule has 0 atom stereocenters. The summed E-state index contributed by atoms with van der Waals surface area (Å²) in [5, 5.41) is 3.91. The van der Waals surface area contributed by atoms with Gasteiger partial charge in [-0.25, -0.2) is 4.98 Å². The molecule has 1 aromatic heterocycles. The lowest BCUT2D eigenvalue weighted by molar-refractivity contribution is -0.118. The molecule has 5 rings (SSSR count). The van der Waals surface area contributed by atoms with Crippen molar-refractivity contribution in [1.82, 2.24) is 14.9 Å². The summed E-state index contributed by atoms with van der Waals surface area (Å²) in [5.41, 5.74) is 2.30. The first-order valence-electron chi connectivity index (χ1n) is 12.3. The fourth-order valence-electron chi connectivity index (χ4n) is 4.30. The number of hydrogen-bond acceptors (Lipinski definition) is 9. The van der Waals surface area contributed by atoms with Crippen molar-refractivity contribution in [3.8, 4) is 11.5 Å². The van der Waals surface area contributed by atoms with E-state index in [1.807, 2.05) is 36.4 Å². The predicted molar refractivity (Wildman–Crippen MR) is 141 cm³/mol. The Hall–Kier alpha value is -3.28. The molecule has 0 radical (unpaired) electrons. The summed E-state index contributed by atoms with van der Waals surface area (Å²) in [7, 11) is 1.63. The molecule has 0 spiro atoms. The standard InChI is InChI=1S/C26H30N4O6S/c1-33-10-2-7-27-24(31)16-37-26-28-21-5-4-19(29-8-11-34-12-9-29)14-20(21)25(32)30(26)15-18-3-6-22-23(13-18)36-17-35-22/h3-6,13-14H,2,7-12,15-17H2,1H3,(H,27,31). The van der Waals surface area contributed by atoms with Crippen LogP contribution in [-0.4, -0.2) is 74.6 Å². The summed E-state index contributed by atoms with van der Waals surface area (Å²) < 4.78 is 23.1. The van der Waals surface area contributed by atoms with E-state index in [0.29, 0.717) is 53.9 Å². The molecule has 1 amide bonds. The molecule has 10 nitrogen and oxygen atoms in total. The van der Waals surface area contributed by atoms with Crippen LogP contribution < -0.4 is 25.2 Å². The van der Waals surface area contributed by atoms with Crippen LogP contribution in [0.5, 0.6) is 11.5 Å². The third-order valence-corrected chi connectivity index (χ3v) is 7.21.